The van der Waals surface area contributed by atoms with Crippen molar-refractivity contribution >= 4 is 34.8 Å². The highest BCUT2D eigenvalue weighted by molar-refractivity contribution is 7.80. The van der Waals surface area contributed by atoms with Gasteiger partial charge in [-0.3, -0.25) is 9.59 Å². The molecular weight excluding hydrogens is 286 g/mol. The number of amides is 2. The van der Waals surface area contributed by atoms with Gasteiger partial charge in [0.25, 0.3) is 5.91 Å². The number of nitrogens with one attached hydrogen (secondary N) is 3. The van der Waals surface area contributed by atoms with Crippen LogP contribution in [0.15, 0.2) is 24.3 Å². The van der Waals surface area contributed by atoms with E-state index in [2.05, 4.69) is 22.9 Å². The fraction of sp³-hybridized carbons (Fsp3) is 0.400. The molecule has 3 N–H and O–H groups in total. The van der Waals surface area contributed by atoms with Gasteiger partial charge in [0.15, 0.2) is 5.11 Å². The molecule has 2 amide bonds. The second-order valence-electron chi connectivity index (χ2n) is 4.62. The first-order valence-electron chi connectivity index (χ1n) is 6.99. The Morgan fingerprint density at radius 3 is 2.38 bits per heavy atom. The Balaban J connectivity index is 2.44. The summed E-state index contributed by atoms with van der Waals surface area (Å²) in [5.41, 5.74) is 1.29. The Morgan fingerprint density at radius 1 is 1.14 bits per heavy atom. The summed E-state index contributed by atoms with van der Waals surface area (Å²) >= 11 is 5.08. The van der Waals surface area contributed by atoms with E-state index in [4.69, 9.17) is 12.2 Å². The van der Waals surface area contributed by atoms with Crippen LogP contribution in [0.25, 0.3) is 0 Å². The Hall–Kier alpha value is -1.95. The van der Waals surface area contributed by atoms with Crippen molar-refractivity contribution in [2.45, 2.75) is 32.6 Å². The first-order chi connectivity index (χ1) is 10.1. The Labute approximate surface area is 130 Å². The standard InChI is InChI=1S/C15H21N3O2S/c1-3-4-5-6-13(19)18-15(21)17-12-9-7-11(8-10-12)14(20)16-2/h7-10H,3-6H2,1-2H3,(H,16,20)(H2,17,18,19,21). The lowest BCUT2D eigenvalue weighted by molar-refractivity contribution is -0.119. The van der Waals surface area contributed by atoms with Gasteiger partial charge in [-0.2, -0.15) is 0 Å². The maximum Gasteiger partial charge on any atom is 0.251 e. The van der Waals surface area contributed by atoms with E-state index in [1.165, 1.54) is 0 Å². The fourth-order valence-corrected chi connectivity index (χ4v) is 1.97. The monoisotopic (exact) mass is 307 g/mol. The molecule has 0 aliphatic heterocycles. The first-order valence-corrected chi connectivity index (χ1v) is 7.40. The Bertz CT molecular complexity index is 500. The second kappa shape index (κ2) is 9.07. The normalized spacial score (nSPS) is 9.81. The largest absolute Gasteiger partial charge is 0.355 e. The highest BCUT2D eigenvalue weighted by Crippen LogP contribution is 2.09. The minimum atomic E-state index is -0.145. The molecule has 0 bridgehead atoms. The number of thiocarbonyl (C=S) groups is 1. The van der Waals surface area contributed by atoms with Gasteiger partial charge >= 0.3 is 0 Å². The highest BCUT2D eigenvalue weighted by Gasteiger charge is 2.06. The SMILES string of the molecule is CCCCCC(=O)NC(=S)Nc1ccc(C(=O)NC)cc1. The molecule has 0 saturated carbocycles. The van der Waals surface area contributed by atoms with E-state index in [0.29, 0.717) is 12.0 Å². The van der Waals surface area contributed by atoms with Crippen molar-refractivity contribution in [1.82, 2.24) is 10.6 Å². The van der Waals surface area contributed by atoms with Crippen LogP contribution < -0.4 is 16.0 Å². The maximum atomic E-state index is 11.6. The average Bonchev–Trinajstić information content (AvgIpc) is 2.47. The van der Waals surface area contributed by atoms with Crippen molar-refractivity contribution in [3.05, 3.63) is 29.8 Å². The molecule has 0 heterocycles. The summed E-state index contributed by atoms with van der Waals surface area (Å²) in [5.74, 6) is -0.226. The molecule has 0 radical (unpaired) electrons. The quantitative estimate of drug-likeness (QED) is 0.558. The van der Waals surface area contributed by atoms with Crippen molar-refractivity contribution in [3.8, 4) is 0 Å². The molecule has 0 saturated heterocycles. The van der Waals surface area contributed by atoms with Crippen LogP contribution >= 0.6 is 12.2 Å². The van der Waals surface area contributed by atoms with Crippen LogP contribution in [0.1, 0.15) is 43.0 Å². The summed E-state index contributed by atoms with van der Waals surface area (Å²) in [5, 5.41) is 8.37. The summed E-state index contributed by atoms with van der Waals surface area (Å²) < 4.78 is 0. The molecule has 0 aromatic heterocycles. The van der Waals surface area contributed by atoms with Crippen LogP contribution in [0.5, 0.6) is 0 Å². The van der Waals surface area contributed by atoms with Crippen molar-refractivity contribution in [1.29, 1.82) is 0 Å². The van der Waals surface area contributed by atoms with Gasteiger partial charge in [0, 0.05) is 24.7 Å². The van der Waals surface area contributed by atoms with Gasteiger partial charge < -0.3 is 16.0 Å². The number of rotatable bonds is 6. The van der Waals surface area contributed by atoms with Crippen molar-refractivity contribution < 1.29 is 9.59 Å². The molecule has 1 rings (SSSR count). The third-order valence-corrected chi connectivity index (χ3v) is 3.10. The first kappa shape index (κ1) is 17.1. The van der Waals surface area contributed by atoms with Crippen LogP contribution in [-0.4, -0.2) is 24.0 Å². The molecule has 0 aliphatic rings. The molecule has 21 heavy (non-hydrogen) atoms. The van der Waals surface area contributed by atoms with Crippen LogP contribution in [0.4, 0.5) is 5.69 Å². The smallest absolute Gasteiger partial charge is 0.251 e. The number of hydrogen-bond donors (Lipinski definition) is 3. The van der Waals surface area contributed by atoms with Crippen molar-refractivity contribution in [2.24, 2.45) is 0 Å². The van der Waals surface area contributed by atoms with Gasteiger partial charge in [-0.1, -0.05) is 19.8 Å². The molecular formula is C15H21N3O2S. The van der Waals surface area contributed by atoms with E-state index >= 15 is 0 Å². The lowest BCUT2D eigenvalue weighted by Crippen LogP contribution is -2.33. The minimum absolute atomic E-state index is 0.0806. The molecule has 1 aromatic carbocycles. The van der Waals surface area contributed by atoms with Gasteiger partial charge in [0.05, 0.1) is 0 Å². The summed E-state index contributed by atoms with van der Waals surface area (Å²) in [6.07, 6.45) is 3.46. The summed E-state index contributed by atoms with van der Waals surface area (Å²) in [4.78, 5) is 23.0. The number of hydrogen-bond acceptors (Lipinski definition) is 3. The molecule has 0 atom stereocenters. The molecule has 6 heteroatoms. The highest BCUT2D eigenvalue weighted by atomic mass is 32.1. The predicted octanol–water partition coefficient (Wildman–Crippen LogP) is 2.44. The van der Waals surface area contributed by atoms with Crippen LogP contribution in [-0.2, 0) is 4.79 Å². The van der Waals surface area contributed by atoms with Gasteiger partial charge in [0.2, 0.25) is 5.91 Å². The Kier molecular flexibility index (Phi) is 7.39. The number of benzene rings is 1. The molecule has 0 unspecified atom stereocenters. The predicted molar refractivity (Wildman–Crippen MR) is 88.3 cm³/mol. The third-order valence-electron chi connectivity index (χ3n) is 2.89. The zero-order valence-corrected chi connectivity index (χ0v) is 13.2. The van der Waals surface area contributed by atoms with Crippen molar-refractivity contribution in [3.63, 3.8) is 0 Å². The average molecular weight is 307 g/mol. The third kappa shape index (κ3) is 6.35. The fourth-order valence-electron chi connectivity index (χ4n) is 1.74. The van der Waals surface area contributed by atoms with Gasteiger partial charge in [0.1, 0.15) is 0 Å². The van der Waals surface area contributed by atoms with E-state index in [9.17, 15) is 9.59 Å². The van der Waals surface area contributed by atoms with E-state index in [1.54, 1.807) is 31.3 Å². The lowest BCUT2D eigenvalue weighted by Gasteiger charge is -2.10. The van der Waals surface area contributed by atoms with E-state index < -0.39 is 0 Å². The number of anilines is 1. The number of unbranched alkanes of at least 4 members (excludes halogenated alkanes) is 2. The maximum absolute atomic E-state index is 11.6. The molecule has 5 nitrogen and oxygen atoms in total. The molecule has 1 aromatic rings. The zero-order chi connectivity index (χ0) is 15.7. The van der Waals surface area contributed by atoms with Gasteiger partial charge in [-0.25, -0.2) is 0 Å². The summed E-state index contributed by atoms with van der Waals surface area (Å²) in [6.45, 7) is 2.09. The van der Waals surface area contributed by atoms with Gasteiger partial charge in [-0.05, 0) is 42.9 Å². The van der Waals surface area contributed by atoms with Crippen LogP contribution in [0.3, 0.4) is 0 Å². The van der Waals surface area contributed by atoms with Gasteiger partial charge in [-0.15, -0.1) is 0 Å². The Morgan fingerprint density at radius 2 is 1.81 bits per heavy atom. The summed E-state index contributed by atoms with van der Waals surface area (Å²) in [6, 6.07) is 6.85. The second-order valence-corrected chi connectivity index (χ2v) is 5.02. The number of carbonyl (C=O) groups excluding carboxylic acids is 2. The van der Waals surface area contributed by atoms with E-state index in [0.717, 1.165) is 24.9 Å². The number of carbonyl (C=O) groups is 2. The van der Waals surface area contributed by atoms with Crippen LogP contribution in [0, 0.1) is 0 Å². The molecule has 0 fully saturated rings. The van der Waals surface area contributed by atoms with Crippen LogP contribution in [0.2, 0.25) is 0 Å². The molecule has 0 aliphatic carbocycles. The van der Waals surface area contributed by atoms with E-state index in [-0.39, 0.29) is 16.9 Å². The summed E-state index contributed by atoms with van der Waals surface area (Å²) in [7, 11) is 1.58. The topological polar surface area (TPSA) is 70.2 Å². The zero-order valence-electron chi connectivity index (χ0n) is 12.4. The van der Waals surface area contributed by atoms with E-state index in [1.807, 2.05) is 0 Å². The minimum Gasteiger partial charge on any atom is -0.355 e. The molecule has 114 valence electrons. The van der Waals surface area contributed by atoms with Crippen molar-refractivity contribution in [2.75, 3.05) is 12.4 Å². The lowest BCUT2D eigenvalue weighted by atomic mass is 10.2. The molecule has 0 spiro atoms.